The highest BCUT2D eigenvalue weighted by molar-refractivity contribution is 6.12. The van der Waals surface area contributed by atoms with Gasteiger partial charge in [-0.3, -0.25) is 38.5 Å². The van der Waals surface area contributed by atoms with Gasteiger partial charge in [0.1, 0.15) is 12.1 Å². The standard InChI is InChI=1S/C50H78N6O11/c1-12-15-20-34(14-3)27-36(50(64)65)52-48(62)33(7)47(67-11)38-28-35-21-19-22-37(35)56(38)43(60)29-39(66-10)46(32(6)13-2)54(9)44(61)30-51-49(63)45(31(4)5)53(8)40(57)23-17-16-18-26-55-41(58)24-25-42(55)59/h12,14-15,20,24-25,31-33,35-39,45-47H,3,13,16-19,21-23,26-30H2,1-2,4-11H3,(H,51,63)(H,52,62)(H,64,65)/b15-12-,34-20+. The molecule has 67 heavy (non-hydrogen) atoms. The molecule has 1 aliphatic carbocycles. The summed E-state index contributed by atoms with van der Waals surface area (Å²) in [4.78, 5) is 111. The highest BCUT2D eigenvalue weighted by atomic mass is 16.5. The van der Waals surface area contributed by atoms with Crippen LogP contribution >= 0.6 is 0 Å². The summed E-state index contributed by atoms with van der Waals surface area (Å²) in [5.74, 6) is -4.70. The molecule has 2 heterocycles. The third kappa shape index (κ3) is 14.9. The molecule has 0 aromatic carbocycles. The van der Waals surface area contributed by atoms with Crippen molar-refractivity contribution in [2.24, 2.45) is 23.7 Å². The van der Waals surface area contributed by atoms with Crippen molar-refractivity contribution in [3.8, 4) is 0 Å². The molecule has 7 amide bonds. The van der Waals surface area contributed by atoms with Crippen LogP contribution in [0, 0.1) is 23.7 Å². The minimum Gasteiger partial charge on any atom is -0.480 e. The van der Waals surface area contributed by atoms with Crippen molar-refractivity contribution in [1.82, 2.24) is 30.2 Å². The minimum absolute atomic E-state index is 0.0325. The van der Waals surface area contributed by atoms with Gasteiger partial charge >= 0.3 is 5.97 Å². The summed E-state index contributed by atoms with van der Waals surface area (Å²) in [6.07, 6.45) is 13.6. The van der Waals surface area contributed by atoms with Crippen molar-refractivity contribution in [1.29, 1.82) is 0 Å². The number of carboxylic acid groups (broad SMARTS) is 1. The van der Waals surface area contributed by atoms with Crippen LogP contribution < -0.4 is 10.6 Å². The van der Waals surface area contributed by atoms with Crippen molar-refractivity contribution in [3.05, 3.63) is 48.6 Å². The summed E-state index contributed by atoms with van der Waals surface area (Å²) < 4.78 is 12.1. The number of unbranched alkanes of at least 4 members (excludes halogenated alkanes) is 2. The number of rotatable bonds is 28. The number of aliphatic carboxylic acids is 1. The number of allylic oxidation sites excluding steroid dienone is 4. The Morgan fingerprint density at radius 1 is 0.925 bits per heavy atom. The summed E-state index contributed by atoms with van der Waals surface area (Å²) in [5.41, 5.74) is 0.646. The van der Waals surface area contributed by atoms with Crippen LogP contribution in [0.1, 0.15) is 112 Å². The fraction of sp³-hybridized carbons (Fsp3) is 0.680. The van der Waals surface area contributed by atoms with E-state index in [1.807, 2.05) is 45.6 Å². The van der Waals surface area contributed by atoms with E-state index < -0.39 is 66.0 Å². The van der Waals surface area contributed by atoms with Gasteiger partial charge in [-0.25, -0.2) is 4.79 Å². The Hall–Kier alpha value is -5.16. The van der Waals surface area contributed by atoms with Gasteiger partial charge in [-0.15, -0.1) is 0 Å². The van der Waals surface area contributed by atoms with Crippen molar-refractivity contribution in [3.63, 3.8) is 0 Å². The van der Waals surface area contributed by atoms with Crippen LogP contribution in [0.25, 0.3) is 0 Å². The Balaban J connectivity index is 1.71. The number of carboxylic acids is 1. The van der Waals surface area contributed by atoms with E-state index in [0.717, 1.165) is 19.3 Å². The van der Waals surface area contributed by atoms with Crippen molar-refractivity contribution in [2.45, 2.75) is 155 Å². The smallest absolute Gasteiger partial charge is 0.326 e. The monoisotopic (exact) mass is 939 g/mol. The van der Waals surface area contributed by atoms with E-state index in [4.69, 9.17) is 9.47 Å². The highest BCUT2D eigenvalue weighted by Crippen LogP contribution is 2.44. The van der Waals surface area contributed by atoms with Gasteiger partial charge in [0.25, 0.3) is 11.8 Å². The van der Waals surface area contributed by atoms with Crippen molar-refractivity contribution >= 4 is 47.3 Å². The second kappa shape index (κ2) is 27.0. The number of methoxy groups -OCH3 is 2. The highest BCUT2D eigenvalue weighted by Gasteiger charge is 2.51. The lowest BCUT2D eigenvalue weighted by Gasteiger charge is -2.40. The van der Waals surface area contributed by atoms with E-state index in [1.54, 1.807) is 39.2 Å². The quantitative estimate of drug-likeness (QED) is 0.0568. The number of likely N-dealkylation sites (N-methyl/N-ethyl adjacent to an activating group) is 2. The summed E-state index contributed by atoms with van der Waals surface area (Å²) in [5, 5.41) is 15.5. The largest absolute Gasteiger partial charge is 0.480 e. The van der Waals surface area contributed by atoms with Crippen LogP contribution in [0.3, 0.4) is 0 Å². The van der Waals surface area contributed by atoms with E-state index in [1.165, 1.54) is 41.1 Å². The van der Waals surface area contributed by atoms with Gasteiger partial charge in [0.15, 0.2) is 0 Å². The van der Waals surface area contributed by atoms with Crippen LogP contribution in [-0.4, -0.2) is 156 Å². The first-order valence-electron chi connectivity index (χ1n) is 23.9. The van der Waals surface area contributed by atoms with Crippen LogP contribution in [0.5, 0.6) is 0 Å². The maximum absolute atomic E-state index is 14.7. The topological polar surface area (TPSA) is 212 Å². The zero-order valence-electron chi connectivity index (χ0n) is 41.5. The van der Waals surface area contributed by atoms with E-state index in [2.05, 4.69) is 17.2 Å². The van der Waals surface area contributed by atoms with Gasteiger partial charge in [-0.2, -0.15) is 0 Å². The van der Waals surface area contributed by atoms with E-state index in [9.17, 15) is 43.5 Å². The predicted octanol–water partition coefficient (Wildman–Crippen LogP) is 4.42. The number of likely N-dealkylation sites (tertiary alicyclic amines) is 1. The number of nitrogens with one attached hydrogen (secondary N) is 2. The Morgan fingerprint density at radius 2 is 1.60 bits per heavy atom. The summed E-state index contributed by atoms with van der Waals surface area (Å²) >= 11 is 0. The Labute approximate surface area is 397 Å². The van der Waals surface area contributed by atoms with Gasteiger partial charge in [-0.1, -0.05) is 84.8 Å². The molecule has 10 atom stereocenters. The van der Waals surface area contributed by atoms with Crippen molar-refractivity contribution in [2.75, 3.05) is 41.4 Å². The third-order valence-corrected chi connectivity index (χ3v) is 14.0. The molecule has 0 aromatic heterocycles. The molecule has 374 valence electrons. The Morgan fingerprint density at radius 3 is 2.16 bits per heavy atom. The first-order chi connectivity index (χ1) is 31.8. The Kier molecular flexibility index (Phi) is 22.6. The van der Waals surface area contributed by atoms with E-state index >= 15 is 0 Å². The van der Waals surface area contributed by atoms with E-state index in [0.29, 0.717) is 37.7 Å². The molecule has 3 aliphatic rings. The number of hydrogen-bond acceptors (Lipinski definition) is 10. The number of amides is 7. The fourth-order valence-electron chi connectivity index (χ4n) is 10.1. The second-order valence-electron chi connectivity index (χ2n) is 18.7. The molecule has 2 fully saturated rings. The zero-order chi connectivity index (χ0) is 50.1. The molecular weight excluding hydrogens is 861 g/mol. The average Bonchev–Trinajstić information content (AvgIpc) is 3.99. The molecule has 17 heteroatoms. The summed E-state index contributed by atoms with van der Waals surface area (Å²) in [6.45, 7) is 14.8. The molecule has 0 spiro atoms. The molecule has 17 nitrogen and oxygen atoms in total. The number of carbonyl (C=O) groups excluding carboxylic acids is 7. The van der Waals surface area contributed by atoms with Gasteiger partial charge < -0.3 is 39.9 Å². The molecule has 0 radical (unpaired) electrons. The molecule has 0 bridgehead atoms. The van der Waals surface area contributed by atoms with Gasteiger partial charge in [0.2, 0.25) is 29.5 Å². The molecule has 3 N–H and O–H groups in total. The fourth-order valence-corrected chi connectivity index (χ4v) is 10.1. The molecule has 2 aliphatic heterocycles. The minimum atomic E-state index is -1.21. The number of fused-ring (bicyclic) bond motifs is 1. The van der Waals surface area contributed by atoms with E-state index in [-0.39, 0.29) is 79.8 Å². The number of imide groups is 1. The average molecular weight is 939 g/mol. The zero-order valence-corrected chi connectivity index (χ0v) is 41.5. The SMILES string of the molecule is C=C/C(=C\C=C/C)CC(NC(=O)C(C)C(OC)C1CC2CCCC2N1C(=O)CC(OC)C(C(C)CC)N(C)C(=O)CNC(=O)C(C(C)C)N(C)C(=O)CCCCCN1C(=O)C=CC1=O)C(=O)O. The number of nitrogens with zero attached hydrogens (tertiary/aromatic N) is 4. The third-order valence-electron chi connectivity index (χ3n) is 14.0. The maximum Gasteiger partial charge on any atom is 0.326 e. The Bertz CT molecular complexity index is 1850. The van der Waals surface area contributed by atoms with Gasteiger partial charge in [0.05, 0.1) is 43.2 Å². The number of ether oxygens (including phenoxy) is 2. The van der Waals surface area contributed by atoms with Crippen molar-refractivity contribution < 1.29 is 52.9 Å². The predicted molar refractivity (Wildman–Crippen MR) is 254 cm³/mol. The van der Waals surface area contributed by atoms with Gasteiger partial charge in [0, 0.05) is 65.9 Å². The van der Waals surface area contributed by atoms with Crippen LogP contribution in [0.15, 0.2) is 48.6 Å². The maximum atomic E-state index is 14.7. The molecular formula is C50H78N6O11. The molecule has 1 saturated heterocycles. The number of hydrogen-bond donors (Lipinski definition) is 3. The van der Waals surface area contributed by atoms with Gasteiger partial charge in [-0.05, 0) is 62.4 Å². The first-order valence-corrected chi connectivity index (χ1v) is 23.9. The van der Waals surface area contributed by atoms with Crippen LogP contribution in [-0.2, 0) is 47.8 Å². The molecule has 0 aromatic rings. The first kappa shape index (κ1) is 56.2. The normalized spacial score (nSPS) is 21.4. The molecule has 1 saturated carbocycles. The summed E-state index contributed by atoms with van der Waals surface area (Å²) in [6, 6.07) is -3.17. The van der Waals surface area contributed by atoms with Crippen LogP contribution in [0.4, 0.5) is 0 Å². The molecule has 10 unspecified atom stereocenters. The van der Waals surface area contributed by atoms with Crippen LogP contribution in [0.2, 0.25) is 0 Å². The second-order valence-corrected chi connectivity index (χ2v) is 18.7. The lowest BCUT2D eigenvalue weighted by atomic mass is 9.90. The lowest BCUT2D eigenvalue weighted by molar-refractivity contribution is -0.148. The number of carbonyl (C=O) groups is 8. The lowest BCUT2D eigenvalue weighted by Crippen LogP contribution is -2.56. The molecule has 3 rings (SSSR count). The summed E-state index contributed by atoms with van der Waals surface area (Å²) in [7, 11) is 6.21.